The molecular formula is C15H16FN5O. The van der Waals surface area contributed by atoms with Crippen molar-refractivity contribution < 1.29 is 9.18 Å². The molecule has 0 saturated carbocycles. The summed E-state index contributed by atoms with van der Waals surface area (Å²) in [6.45, 7) is 2.56. The van der Waals surface area contributed by atoms with Gasteiger partial charge in [-0.15, -0.1) is 0 Å². The zero-order chi connectivity index (χ0) is 15.1. The lowest BCUT2D eigenvalue weighted by Gasteiger charge is -2.51. The minimum absolute atomic E-state index is 0.156. The Morgan fingerprint density at radius 2 is 2.14 bits per heavy atom. The van der Waals surface area contributed by atoms with E-state index in [-0.39, 0.29) is 11.9 Å². The van der Waals surface area contributed by atoms with Crippen molar-refractivity contribution in [2.45, 2.75) is 12.5 Å². The summed E-state index contributed by atoms with van der Waals surface area (Å²) in [4.78, 5) is 16.0. The van der Waals surface area contributed by atoms with Crippen LogP contribution in [0.25, 0.3) is 5.69 Å². The third-order valence-corrected chi connectivity index (χ3v) is 4.51. The topological polar surface area (TPSA) is 63.1 Å². The Bertz CT molecular complexity index is 702. The highest BCUT2D eigenvalue weighted by Gasteiger charge is 2.43. The molecule has 114 valence electrons. The van der Waals surface area contributed by atoms with E-state index in [4.69, 9.17) is 0 Å². The van der Waals surface area contributed by atoms with Crippen LogP contribution in [0, 0.1) is 11.7 Å². The Balaban J connectivity index is 1.67. The highest BCUT2D eigenvalue weighted by Crippen LogP contribution is 2.32. The van der Waals surface area contributed by atoms with Crippen molar-refractivity contribution in [1.29, 1.82) is 0 Å². The molecule has 0 bridgehead atoms. The minimum Gasteiger partial charge on any atom is -0.334 e. The first kappa shape index (κ1) is 13.4. The molecule has 3 heterocycles. The van der Waals surface area contributed by atoms with Gasteiger partial charge in [0.05, 0.1) is 23.6 Å². The molecule has 7 heteroatoms. The maximum atomic E-state index is 13.6. The lowest BCUT2D eigenvalue weighted by Crippen LogP contribution is -2.65. The third kappa shape index (κ3) is 2.09. The molecule has 1 N–H and O–H groups in total. The van der Waals surface area contributed by atoms with Crippen LogP contribution < -0.4 is 5.32 Å². The Morgan fingerprint density at radius 3 is 2.91 bits per heavy atom. The normalized spacial score (nSPS) is 23.8. The molecule has 0 radical (unpaired) electrons. The molecule has 2 saturated heterocycles. The van der Waals surface area contributed by atoms with E-state index in [0.717, 1.165) is 26.1 Å². The molecule has 0 aliphatic carbocycles. The SMILES string of the molecule is O=C(c1cc(F)ccc1-n1nccn1)N1C[C@H]2CCNC[C@H]21. The number of benzene rings is 1. The lowest BCUT2D eigenvalue weighted by molar-refractivity contribution is 0.00276. The fourth-order valence-corrected chi connectivity index (χ4v) is 3.31. The van der Waals surface area contributed by atoms with Crippen molar-refractivity contribution in [2.75, 3.05) is 19.6 Å². The van der Waals surface area contributed by atoms with Crippen LogP contribution in [0.15, 0.2) is 30.6 Å². The third-order valence-electron chi connectivity index (χ3n) is 4.51. The van der Waals surface area contributed by atoms with Crippen LogP contribution >= 0.6 is 0 Å². The fourth-order valence-electron chi connectivity index (χ4n) is 3.31. The van der Waals surface area contributed by atoms with Crippen molar-refractivity contribution in [3.63, 3.8) is 0 Å². The fraction of sp³-hybridized carbons (Fsp3) is 0.400. The summed E-state index contributed by atoms with van der Waals surface area (Å²) >= 11 is 0. The lowest BCUT2D eigenvalue weighted by atomic mass is 9.82. The van der Waals surface area contributed by atoms with Crippen molar-refractivity contribution >= 4 is 5.91 Å². The summed E-state index contributed by atoms with van der Waals surface area (Å²) in [7, 11) is 0. The van der Waals surface area contributed by atoms with Gasteiger partial charge in [-0.3, -0.25) is 4.79 Å². The van der Waals surface area contributed by atoms with Crippen molar-refractivity contribution in [3.8, 4) is 5.69 Å². The van der Waals surface area contributed by atoms with Gasteiger partial charge in [-0.2, -0.15) is 15.0 Å². The Morgan fingerprint density at radius 1 is 1.32 bits per heavy atom. The van der Waals surface area contributed by atoms with E-state index in [0.29, 0.717) is 17.2 Å². The van der Waals surface area contributed by atoms with Crippen LogP contribution in [0.3, 0.4) is 0 Å². The maximum Gasteiger partial charge on any atom is 0.256 e. The molecule has 0 spiro atoms. The van der Waals surface area contributed by atoms with Gasteiger partial charge in [-0.05, 0) is 37.1 Å². The van der Waals surface area contributed by atoms with Crippen molar-refractivity contribution in [2.24, 2.45) is 5.92 Å². The number of carbonyl (C=O) groups excluding carboxylic acids is 1. The standard InChI is InChI=1S/C15H16FN5O/c16-11-1-2-13(21-18-5-6-19-21)12(7-11)15(22)20-9-10-3-4-17-8-14(10)20/h1-2,5-7,10,14,17H,3-4,8-9H2/t10-,14-/m1/s1. The van der Waals surface area contributed by atoms with Gasteiger partial charge in [0.2, 0.25) is 0 Å². The van der Waals surface area contributed by atoms with E-state index < -0.39 is 5.82 Å². The molecule has 6 nitrogen and oxygen atoms in total. The minimum atomic E-state index is -0.432. The van der Waals surface area contributed by atoms with Gasteiger partial charge >= 0.3 is 0 Å². The molecule has 2 aliphatic rings. The predicted octanol–water partition coefficient (Wildman–Crippen LogP) is 0.840. The van der Waals surface area contributed by atoms with Crippen LogP contribution in [0.4, 0.5) is 4.39 Å². The smallest absolute Gasteiger partial charge is 0.256 e. The number of nitrogens with zero attached hydrogens (tertiary/aromatic N) is 4. The van der Waals surface area contributed by atoms with Crippen LogP contribution in [-0.2, 0) is 0 Å². The zero-order valence-electron chi connectivity index (χ0n) is 11.9. The number of aromatic nitrogens is 3. The number of fused-ring (bicyclic) bond motifs is 1. The molecule has 2 aliphatic heterocycles. The molecule has 1 aromatic carbocycles. The number of likely N-dealkylation sites (tertiary alicyclic amines) is 1. The number of amides is 1. The Kier molecular flexibility index (Phi) is 3.15. The summed E-state index contributed by atoms with van der Waals surface area (Å²) in [5.41, 5.74) is 0.809. The number of rotatable bonds is 2. The zero-order valence-corrected chi connectivity index (χ0v) is 11.9. The van der Waals surface area contributed by atoms with Gasteiger partial charge < -0.3 is 10.2 Å². The predicted molar refractivity (Wildman–Crippen MR) is 77.1 cm³/mol. The molecule has 2 aromatic rings. The van der Waals surface area contributed by atoms with Crippen LogP contribution in [0.1, 0.15) is 16.8 Å². The second-order valence-corrected chi connectivity index (χ2v) is 5.76. The molecule has 4 rings (SSSR count). The van der Waals surface area contributed by atoms with E-state index in [9.17, 15) is 9.18 Å². The Labute approximate surface area is 126 Å². The highest BCUT2D eigenvalue weighted by atomic mass is 19.1. The van der Waals surface area contributed by atoms with Crippen molar-refractivity contribution in [1.82, 2.24) is 25.2 Å². The number of nitrogens with one attached hydrogen (secondary N) is 1. The van der Waals surface area contributed by atoms with Gasteiger partial charge in [-0.1, -0.05) is 0 Å². The van der Waals surface area contributed by atoms with E-state index in [2.05, 4.69) is 15.5 Å². The molecule has 1 aromatic heterocycles. The number of hydrogen-bond acceptors (Lipinski definition) is 4. The van der Waals surface area contributed by atoms with Gasteiger partial charge in [0.15, 0.2) is 0 Å². The average molecular weight is 301 g/mol. The molecular weight excluding hydrogens is 285 g/mol. The first-order valence-electron chi connectivity index (χ1n) is 7.42. The summed E-state index contributed by atoms with van der Waals surface area (Å²) in [5, 5.41) is 11.4. The molecule has 1 amide bonds. The Hall–Kier alpha value is -2.28. The number of piperidine rings is 1. The van der Waals surface area contributed by atoms with E-state index in [1.807, 2.05) is 4.90 Å². The number of halogens is 1. The first-order valence-corrected chi connectivity index (χ1v) is 7.42. The molecule has 22 heavy (non-hydrogen) atoms. The molecule has 2 fully saturated rings. The second-order valence-electron chi connectivity index (χ2n) is 5.76. The van der Waals surface area contributed by atoms with Gasteiger partial charge in [-0.25, -0.2) is 4.39 Å². The van der Waals surface area contributed by atoms with E-state index >= 15 is 0 Å². The summed E-state index contributed by atoms with van der Waals surface area (Å²) < 4.78 is 13.6. The largest absolute Gasteiger partial charge is 0.334 e. The number of carbonyl (C=O) groups is 1. The van der Waals surface area contributed by atoms with Crippen LogP contribution in [-0.4, -0.2) is 51.5 Å². The number of hydrogen-bond donors (Lipinski definition) is 1. The maximum absolute atomic E-state index is 13.6. The van der Waals surface area contributed by atoms with E-state index in [1.54, 1.807) is 6.07 Å². The molecule has 0 unspecified atom stereocenters. The van der Waals surface area contributed by atoms with E-state index in [1.165, 1.54) is 29.3 Å². The first-order chi connectivity index (χ1) is 10.7. The molecule has 2 atom stereocenters. The van der Waals surface area contributed by atoms with Gasteiger partial charge in [0, 0.05) is 19.1 Å². The second kappa shape index (κ2) is 5.17. The monoisotopic (exact) mass is 301 g/mol. The summed E-state index contributed by atoms with van der Waals surface area (Å²) in [6.07, 6.45) is 4.15. The quantitative estimate of drug-likeness (QED) is 0.893. The summed E-state index contributed by atoms with van der Waals surface area (Å²) in [6, 6.07) is 4.34. The average Bonchev–Trinajstić information content (AvgIpc) is 3.02. The highest BCUT2D eigenvalue weighted by molar-refractivity contribution is 5.98. The van der Waals surface area contributed by atoms with Gasteiger partial charge in [0.1, 0.15) is 5.82 Å². The van der Waals surface area contributed by atoms with Crippen molar-refractivity contribution in [3.05, 3.63) is 42.0 Å². The summed E-state index contributed by atoms with van der Waals surface area (Å²) in [5.74, 6) is -0.0279. The van der Waals surface area contributed by atoms with Gasteiger partial charge in [0.25, 0.3) is 5.91 Å². The van der Waals surface area contributed by atoms with Crippen LogP contribution in [0.5, 0.6) is 0 Å². The van der Waals surface area contributed by atoms with Crippen LogP contribution in [0.2, 0.25) is 0 Å².